The second-order valence-electron chi connectivity index (χ2n) is 23.7. The van der Waals surface area contributed by atoms with Crippen molar-refractivity contribution in [1.82, 2.24) is 0 Å². The number of allylic oxidation sites excluding steroid dienone is 6. The van der Waals surface area contributed by atoms with E-state index in [4.69, 9.17) is 52.1 Å². The van der Waals surface area contributed by atoms with Crippen LogP contribution in [0.5, 0.6) is 0 Å². The summed E-state index contributed by atoms with van der Waals surface area (Å²) >= 11 is 0. The van der Waals surface area contributed by atoms with E-state index in [1.807, 2.05) is 41.5 Å². The molecule has 0 aromatic heterocycles. The monoisotopic (exact) mass is 1080 g/mol. The molecule has 432 valence electrons. The van der Waals surface area contributed by atoms with Gasteiger partial charge in [0.1, 0.15) is 49.8 Å². The Morgan fingerprint density at radius 1 is 0.519 bits per heavy atom. The third kappa shape index (κ3) is 18.1. The molecule has 0 radical (unpaired) electrons. The molecule has 0 saturated carbocycles. The Morgan fingerprint density at radius 2 is 0.883 bits per heavy atom. The molecular weight excluding hydrogens is 993 g/mol. The Balaban J connectivity index is 0.790. The Hall–Kier alpha value is -4.74. The molecule has 6 rings (SSSR count). The van der Waals surface area contributed by atoms with Gasteiger partial charge in [0.05, 0.1) is 63.3 Å². The predicted molar refractivity (Wildman–Crippen MR) is 284 cm³/mol. The van der Waals surface area contributed by atoms with Crippen LogP contribution in [0.15, 0.2) is 47.6 Å². The molecule has 2 heterocycles. The van der Waals surface area contributed by atoms with Gasteiger partial charge in [0, 0.05) is 24.7 Å². The largest absolute Gasteiger partial charge is 0.508 e. The standard InChI is InChI=1S/C60H90O17/c1-11-59(7,8)55(63)76-49-31-37(3)29-41-15-13-39(5)47(53(41)49)19-17-43-33-45(35-51(61)72-43)74-57(65)70-27-25-68-23-21-67-22-24-69-26-28-71-58(66)75-46-34-44(73-52(62)36-46)18-20-48-40(6)14-16-42-30-38(4)32-50(54(42)48)77-56(64)60(9,10)12-2/h13-16,29-30,37-40,43-50,53-54H,11-12,17-28,31-36H2,1-10H3. The number of carbonyl (C=O) groups excluding carboxylic acids is 6. The van der Waals surface area contributed by atoms with Crippen LogP contribution >= 0.6 is 0 Å². The predicted octanol–water partition coefficient (Wildman–Crippen LogP) is 10.6. The van der Waals surface area contributed by atoms with Crippen LogP contribution in [-0.4, -0.2) is 126 Å². The van der Waals surface area contributed by atoms with Gasteiger partial charge in [0.2, 0.25) is 0 Å². The lowest BCUT2D eigenvalue weighted by Gasteiger charge is -2.44. The minimum absolute atomic E-state index is 0.0452. The fraction of sp³-hybridized carbons (Fsp3) is 0.767. The molecule has 14 atom stereocenters. The zero-order chi connectivity index (χ0) is 55.9. The summed E-state index contributed by atoms with van der Waals surface area (Å²) in [5.41, 5.74) is 1.26. The zero-order valence-corrected chi connectivity index (χ0v) is 47.6. The fourth-order valence-electron chi connectivity index (χ4n) is 11.6. The number of rotatable bonds is 26. The Kier molecular flexibility index (Phi) is 23.1. The number of fused-ring (bicyclic) bond motifs is 2. The summed E-state index contributed by atoms with van der Waals surface area (Å²) in [5.74, 6) is 0.291. The van der Waals surface area contributed by atoms with E-state index in [-0.39, 0.29) is 137 Å². The van der Waals surface area contributed by atoms with Gasteiger partial charge < -0.3 is 52.1 Å². The normalized spacial score (nSPS) is 31.0. The van der Waals surface area contributed by atoms with Gasteiger partial charge >= 0.3 is 36.2 Å². The van der Waals surface area contributed by atoms with Crippen molar-refractivity contribution in [2.45, 2.75) is 183 Å². The van der Waals surface area contributed by atoms with E-state index < -0.39 is 59.5 Å². The van der Waals surface area contributed by atoms with Crippen LogP contribution in [-0.2, 0) is 71.3 Å². The average Bonchev–Trinajstić information content (AvgIpc) is 3.38. The molecule has 0 N–H and O–H groups in total. The van der Waals surface area contributed by atoms with E-state index in [0.717, 1.165) is 25.7 Å². The van der Waals surface area contributed by atoms with Crippen molar-refractivity contribution < 1.29 is 80.9 Å². The molecule has 17 nitrogen and oxygen atoms in total. The highest BCUT2D eigenvalue weighted by Crippen LogP contribution is 2.48. The van der Waals surface area contributed by atoms with Crippen molar-refractivity contribution in [3.05, 3.63) is 47.6 Å². The second-order valence-corrected chi connectivity index (χ2v) is 23.7. The molecule has 0 amide bonds. The molecule has 6 aliphatic rings. The van der Waals surface area contributed by atoms with E-state index >= 15 is 0 Å². The van der Waals surface area contributed by atoms with Crippen molar-refractivity contribution in [2.24, 2.45) is 58.2 Å². The number of cyclic esters (lactones) is 2. The third-order valence-electron chi connectivity index (χ3n) is 16.8. The number of carbonyl (C=O) groups is 6. The molecule has 0 aromatic rings. The van der Waals surface area contributed by atoms with Gasteiger partial charge in [0.15, 0.2) is 0 Å². The number of esters is 4. The first-order valence-corrected chi connectivity index (χ1v) is 28.7. The topological polar surface area (TPSA) is 204 Å². The van der Waals surface area contributed by atoms with Crippen molar-refractivity contribution in [3.8, 4) is 0 Å². The highest BCUT2D eigenvalue weighted by Gasteiger charge is 2.46. The molecule has 2 saturated heterocycles. The van der Waals surface area contributed by atoms with Crippen molar-refractivity contribution >= 4 is 36.2 Å². The molecule has 0 aromatic carbocycles. The highest BCUT2D eigenvalue weighted by molar-refractivity contribution is 5.77. The van der Waals surface area contributed by atoms with E-state index in [1.54, 1.807) is 0 Å². The summed E-state index contributed by atoms with van der Waals surface area (Å²) in [6, 6.07) is 0. The average molecular weight is 1080 g/mol. The van der Waals surface area contributed by atoms with Gasteiger partial charge in [0.25, 0.3) is 0 Å². The molecule has 77 heavy (non-hydrogen) atoms. The summed E-state index contributed by atoms with van der Waals surface area (Å²) in [4.78, 5) is 76.8. The number of ether oxygens (including phenoxy) is 11. The first kappa shape index (κ1) is 61.5. The lowest BCUT2D eigenvalue weighted by molar-refractivity contribution is -0.166. The number of hydrogen-bond donors (Lipinski definition) is 0. The summed E-state index contributed by atoms with van der Waals surface area (Å²) in [7, 11) is 0. The smallest absolute Gasteiger partial charge is 0.462 e. The molecule has 0 spiro atoms. The molecule has 17 heteroatoms. The van der Waals surface area contributed by atoms with Crippen LogP contribution in [0, 0.1) is 58.2 Å². The molecule has 4 aliphatic carbocycles. The third-order valence-corrected chi connectivity index (χ3v) is 16.8. The summed E-state index contributed by atoms with van der Waals surface area (Å²) < 4.78 is 62.0. The van der Waals surface area contributed by atoms with Gasteiger partial charge in [-0.05, 0) is 126 Å². The highest BCUT2D eigenvalue weighted by atomic mass is 16.7. The fourth-order valence-corrected chi connectivity index (χ4v) is 11.6. The quantitative estimate of drug-likeness (QED) is 0.0449. The first-order valence-electron chi connectivity index (χ1n) is 28.7. The van der Waals surface area contributed by atoms with Crippen LogP contribution in [0.1, 0.15) is 146 Å². The molecule has 2 fully saturated rings. The Labute approximate surface area is 457 Å². The zero-order valence-electron chi connectivity index (χ0n) is 47.6. The minimum atomic E-state index is -0.881. The van der Waals surface area contributed by atoms with Crippen LogP contribution in [0.2, 0.25) is 0 Å². The van der Waals surface area contributed by atoms with Gasteiger partial charge in [-0.25, -0.2) is 9.59 Å². The SMILES string of the molecule is CCC(C)(C)C(=O)OC1CC(C)C=C2C=CC(C)C(CCC3CC(OC(=O)OCCOCCOCCOCCOC(=O)OC4CC(=O)OC(CCC5C(C)C=CC6=CC(C)CC(OC(=O)C(C)(C)CC)C65)C4)CC(=O)O3)C21. The summed E-state index contributed by atoms with van der Waals surface area (Å²) in [6.45, 7) is 21.5. The maximum atomic E-state index is 13.2. The maximum absolute atomic E-state index is 13.2. The lowest BCUT2D eigenvalue weighted by atomic mass is 9.65. The van der Waals surface area contributed by atoms with Gasteiger partial charge in [-0.3, -0.25) is 19.2 Å². The summed E-state index contributed by atoms with van der Waals surface area (Å²) in [5, 5.41) is 0. The maximum Gasteiger partial charge on any atom is 0.508 e. The van der Waals surface area contributed by atoms with Crippen molar-refractivity contribution in [1.29, 1.82) is 0 Å². The van der Waals surface area contributed by atoms with E-state index in [0.29, 0.717) is 38.5 Å². The second kappa shape index (κ2) is 28.9. The van der Waals surface area contributed by atoms with E-state index in [2.05, 4.69) is 64.2 Å². The van der Waals surface area contributed by atoms with E-state index in [9.17, 15) is 28.8 Å². The van der Waals surface area contributed by atoms with Gasteiger partial charge in [-0.2, -0.15) is 0 Å². The Bertz CT molecular complexity index is 1980. The van der Waals surface area contributed by atoms with Crippen LogP contribution in [0.3, 0.4) is 0 Å². The molecule has 2 aliphatic heterocycles. The van der Waals surface area contributed by atoms with Crippen molar-refractivity contribution in [2.75, 3.05) is 52.9 Å². The summed E-state index contributed by atoms with van der Waals surface area (Å²) in [6.07, 6.45) is 15.1. The molecule has 0 bridgehead atoms. The van der Waals surface area contributed by atoms with Crippen LogP contribution in [0.4, 0.5) is 9.59 Å². The first-order chi connectivity index (χ1) is 36.7. The molecule has 14 unspecified atom stereocenters. The van der Waals surface area contributed by atoms with Crippen molar-refractivity contribution in [3.63, 3.8) is 0 Å². The lowest BCUT2D eigenvalue weighted by Crippen LogP contribution is -2.43. The minimum Gasteiger partial charge on any atom is -0.462 e. The van der Waals surface area contributed by atoms with Gasteiger partial charge in [-0.15, -0.1) is 0 Å². The Morgan fingerprint density at radius 3 is 1.25 bits per heavy atom. The van der Waals surface area contributed by atoms with Crippen LogP contribution < -0.4 is 0 Å². The van der Waals surface area contributed by atoms with E-state index in [1.165, 1.54) is 11.1 Å². The molecular formula is C60H90O17. The van der Waals surface area contributed by atoms with Crippen LogP contribution in [0.25, 0.3) is 0 Å². The van der Waals surface area contributed by atoms with Gasteiger partial charge in [-0.1, -0.05) is 78.0 Å². The number of hydrogen-bond acceptors (Lipinski definition) is 17.